The van der Waals surface area contributed by atoms with Crippen molar-refractivity contribution in [1.82, 2.24) is 0 Å². The second-order valence-electron chi connectivity index (χ2n) is 6.98. The van der Waals surface area contributed by atoms with Crippen LogP contribution < -0.4 is 0 Å². The third kappa shape index (κ3) is 5.53. The zero-order chi connectivity index (χ0) is 30.3. The molecule has 4 nitrogen and oxygen atoms in total. The number of alkyl halides is 17. The molecule has 37 heavy (non-hydrogen) atoms. The first-order valence-electron chi connectivity index (χ1n) is 8.71. The number of aliphatic carboxylic acids is 1. The number of ether oxygens (including phenoxy) is 1. The first kappa shape index (κ1) is 34.5. The molecule has 0 rings (SSSR count). The number of carbonyl (C=O) groups is 2. The molecule has 0 spiro atoms. The Bertz CT molecular complexity index is 888. The van der Waals surface area contributed by atoms with Crippen molar-refractivity contribution in [3.05, 3.63) is 11.6 Å². The Balaban J connectivity index is 6.47. The van der Waals surface area contributed by atoms with Gasteiger partial charge in [-0.2, -0.15) is 74.6 Å². The van der Waals surface area contributed by atoms with Gasteiger partial charge in [-0.3, -0.25) is 4.79 Å². The lowest BCUT2D eigenvalue weighted by molar-refractivity contribution is -0.461. The standard InChI is InChI=1S/C16H11F17O4/c1-37-8(36)6(5-7(34)35)3-2-4-9(17,18)10(19,20)11(21,22)12(23,24)13(25,26)14(27,28)15(29,30)16(31,32)33/h3H,2,4-5H2,1H3,(H,34,35). The van der Waals surface area contributed by atoms with Gasteiger partial charge in [0.25, 0.3) is 0 Å². The molecule has 0 radical (unpaired) electrons. The van der Waals surface area contributed by atoms with E-state index in [2.05, 4.69) is 4.74 Å². The van der Waals surface area contributed by atoms with E-state index in [0.717, 1.165) is 0 Å². The lowest BCUT2D eigenvalue weighted by Crippen LogP contribution is -2.74. The summed E-state index contributed by atoms with van der Waals surface area (Å²) in [6.07, 6.45) is -13.8. The fourth-order valence-electron chi connectivity index (χ4n) is 2.30. The maximum absolute atomic E-state index is 13.7. The number of halogens is 17. The fourth-order valence-corrected chi connectivity index (χ4v) is 2.30. The summed E-state index contributed by atoms with van der Waals surface area (Å²) in [5.74, 6) is -60.6. The van der Waals surface area contributed by atoms with Crippen LogP contribution in [-0.2, 0) is 14.3 Å². The molecule has 0 saturated carbocycles. The smallest absolute Gasteiger partial charge is 0.460 e. The van der Waals surface area contributed by atoms with E-state index in [1.165, 1.54) is 0 Å². The van der Waals surface area contributed by atoms with Crippen LogP contribution in [0, 0.1) is 0 Å². The van der Waals surface area contributed by atoms with Gasteiger partial charge in [-0.25, -0.2) is 4.79 Å². The van der Waals surface area contributed by atoms with E-state index < -0.39 is 84.4 Å². The average Bonchev–Trinajstić information content (AvgIpc) is 2.70. The summed E-state index contributed by atoms with van der Waals surface area (Å²) in [5, 5.41) is 8.51. The van der Waals surface area contributed by atoms with Crippen LogP contribution in [0.4, 0.5) is 74.6 Å². The summed E-state index contributed by atoms with van der Waals surface area (Å²) >= 11 is 0. The molecule has 0 aromatic rings. The van der Waals surface area contributed by atoms with Crippen LogP contribution in [-0.4, -0.2) is 71.8 Å². The predicted molar refractivity (Wildman–Crippen MR) is 82.3 cm³/mol. The summed E-state index contributed by atoms with van der Waals surface area (Å²) in [6, 6.07) is 0. The molecule has 0 bridgehead atoms. The third-order valence-electron chi connectivity index (χ3n) is 4.43. The van der Waals surface area contributed by atoms with Crippen molar-refractivity contribution in [2.24, 2.45) is 0 Å². The van der Waals surface area contributed by atoms with Gasteiger partial charge in [-0.15, -0.1) is 0 Å². The molecule has 0 aliphatic heterocycles. The number of carbonyl (C=O) groups excluding carboxylic acids is 1. The van der Waals surface area contributed by atoms with Crippen LogP contribution in [0.15, 0.2) is 11.6 Å². The molecule has 218 valence electrons. The molecule has 1 N–H and O–H groups in total. The van der Waals surface area contributed by atoms with Crippen molar-refractivity contribution < 1.29 is 94.1 Å². The van der Waals surface area contributed by atoms with Crippen LogP contribution in [0.5, 0.6) is 0 Å². The van der Waals surface area contributed by atoms with E-state index >= 15 is 0 Å². The molecule has 0 heterocycles. The Labute approximate surface area is 193 Å². The second-order valence-corrected chi connectivity index (χ2v) is 6.98. The SMILES string of the molecule is COC(=O)C(=CCCC(F)(F)C(F)(F)C(F)(F)C(F)(F)C(F)(F)C(F)(F)C(F)(F)C(F)(F)F)CC(=O)O. The predicted octanol–water partition coefficient (Wildman–Crippen LogP) is 6.35. The molecule has 0 amide bonds. The molecular formula is C16H11F17O4. The monoisotopic (exact) mass is 590 g/mol. The van der Waals surface area contributed by atoms with Crippen LogP contribution in [0.2, 0.25) is 0 Å². The van der Waals surface area contributed by atoms with Gasteiger partial charge in [0.1, 0.15) is 0 Å². The normalized spacial score (nSPS) is 15.6. The number of hydrogen-bond acceptors (Lipinski definition) is 3. The van der Waals surface area contributed by atoms with E-state index in [1.807, 2.05) is 0 Å². The summed E-state index contributed by atoms with van der Waals surface area (Å²) < 4.78 is 228. The Morgan fingerprint density at radius 1 is 0.649 bits per heavy atom. The highest BCUT2D eigenvalue weighted by molar-refractivity contribution is 5.93. The quantitative estimate of drug-likeness (QED) is 0.164. The molecule has 0 atom stereocenters. The van der Waals surface area contributed by atoms with Gasteiger partial charge in [-0.05, 0) is 6.42 Å². The number of esters is 1. The van der Waals surface area contributed by atoms with Gasteiger partial charge in [0.2, 0.25) is 0 Å². The maximum Gasteiger partial charge on any atom is 0.460 e. The summed E-state index contributed by atoms with van der Waals surface area (Å²) in [5.41, 5.74) is -1.10. The van der Waals surface area contributed by atoms with Crippen molar-refractivity contribution in [1.29, 1.82) is 0 Å². The molecule has 0 unspecified atom stereocenters. The van der Waals surface area contributed by atoms with E-state index in [0.29, 0.717) is 7.11 Å². The summed E-state index contributed by atoms with van der Waals surface area (Å²) in [7, 11) is 0.585. The zero-order valence-electron chi connectivity index (χ0n) is 17.3. The first-order valence-corrected chi connectivity index (χ1v) is 8.71. The topological polar surface area (TPSA) is 63.6 Å². The Kier molecular flexibility index (Phi) is 9.31. The average molecular weight is 590 g/mol. The number of hydrogen-bond donors (Lipinski definition) is 1. The third-order valence-corrected chi connectivity index (χ3v) is 4.43. The first-order chi connectivity index (χ1) is 16.0. The van der Waals surface area contributed by atoms with E-state index in [9.17, 15) is 84.2 Å². The van der Waals surface area contributed by atoms with Crippen molar-refractivity contribution in [3.63, 3.8) is 0 Å². The van der Waals surface area contributed by atoms with E-state index in [-0.39, 0.29) is 6.08 Å². The van der Waals surface area contributed by atoms with Crippen molar-refractivity contribution in [2.75, 3.05) is 7.11 Å². The van der Waals surface area contributed by atoms with Gasteiger partial charge in [-0.1, -0.05) is 6.08 Å². The van der Waals surface area contributed by atoms with E-state index in [4.69, 9.17) is 5.11 Å². The number of carboxylic acid groups (broad SMARTS) is 1. The van der Waals surface area contributed by atoms with Crippen LogP contribution in [0.25, 0.3) is 0 Å². The van der Waals surface area contributed by atoms with Crippen LogP contribution in [0.1, 0.15) is 19.3 Å². The number of rotatable bonds is 12. The zero-order valence-corrected chi connectivity index (χ0v) is 17.3. The second kappa shape index (κ2) is 9.99. The minimum absolute atomic E-state index is 0.0207. The molecule has 21 heteroatoms. The number of methoxy groups -OCH3 is 1. The Hall–Kier alpha value is -2.51. The molecule has 0 saturated heterocycles. The van der Waals surface area contributed by atoms with Gasteiger partial charge in [0, 0.05) is 12.0 Å². The molecule has 0 aliphatic rings. The lowest BCUT2D eigenvalue weighted by atomic mass is 9.88. The summed E-state index contributed by atoms with van der Waals surface area (Å²) in [4.78, 5) is 21.8. The molecule has 0 fully saturated rings. The van der Waals surface area contributed by atoms with E-state index in [1.54, 1.807) is 0 Å². The molecule has 0 aromatic heterocycles. The van der Waals surface area contributed by atoms with Crippen LogP contribution >= 0.6 is 0 Å². The van der Waals surface area contributed by atoms with Crippen molar-refractivity contribution >= 4 is 11.9 Å². The molecule has 0 aromatic carbocycles. The number of carboxylic acids is 1. The highest BCUT2D eigenvalue weighted by Gasteiger charge is 2.95. The minimum Gasteiger partial charge on any atom is -0.481 e. The maximum atomic E-state index is 13.7. The van der Waals surface area contributed by atoms with Crippen molar-refractivity contribution in [2.45, 2.75) is 66.9 Å². The largest absolute Gasteiger partial charge is 0.481 e. The van der Waals surface area contributed by atoms with Gasteiger partial charge < -0.3 is 9.84 Å². The minimum atomic E-state index is -8.72. The Morgan fingerprint density at radius 3 is 1.32 bits per heavy atom. The Morgan fingerprint density at radius 2 is 1.00 bits per heavy atom. The van der Waals surface area contributed by atoms with Gasteiger partial charge in [0.15, 0.2) is 0 Å². The summed E-state index contributed by atoms with van der Waals surface area (Å²) in [6.45, 7) is 0. The molecule has 0 aliphatic carbocycles. The molecular weight excluding hydrogens is 579 g/mol. The van der Waals surface area contributed by atoms with Crippen molar-refractivity contribution in [3.8, 4) is 0 Å². The number of allylic oxidation sites excluding steroid dienone is 1. The van der Waals surface area contributed by atoms with Crippen LogP contribution in [0.3, 0.4) is 0 Å². The van der Waals surface area contributed by atoms with Gasteiger partial charge in [0.05, 0.1) is 13.5 Å². The highest BCUT2D eigenvalue weighted by Crippen LogP contribution is 2.64. The lowest BCUT2D eigenvalue weighted by Gasteiger charge is -2.42. The fraction of sp³-hybridized carbons (Fsp3) is 0.750. The highest BCUT2D eigenvalue weighted by atomic mass is 19.4. The van der Waals surface area contributed by atoms with Gasteiger partial charge >= 0.3 is 59.6 Å².